The molecule has 3 rings (SSSR count). The molecule has 17 heavy (non-hydrogen) atoms. The summed E-state index contributed by atoms with van der Waals surface area (Å²) in [5.41, 5.74) is 1.87. The van der Waals surface area contributed by atoms with Crippen LogP contribution in [0.2, 0.25) is 5.15 Å². The Morgan fingerprint density at radius 1 is 1.29 bits per heavy atom. The zero-order valence-corrected chi connectivity index (χ0v) is 10.0. The monoisotopic (exact) mass is 250 g/mol. The van der Waals surface area contributed by atoms with Crippen LogP contribution in [0.5, 0.6) is 0 Å². The van der Waals surface area contributed by atoms with Crippen molar-refractivity contribution in [3.63, 3.8) is 0 Å². The van der Waals surface area contributed by atoms with Crippen LogP contribution in [0.25, 0.3) is 11.4 Å². The molecule has 88 valence electrons. The largest absolute Gasteiger partial charge is 0.327 e. The SMILES string of the molecule is Fc1cccc(-c2nc(Cl)c3n2CCCC3)c1. The molecule has 1 aromatic heterocycles. The lowest BCUT2D eigenvalue weighted by molar-refractivity contribution is 0.536. The molecule has 1 aliphatic rings. The molecule has 0 aliphatic carbocycles. The summed E-state index contributed by atoms with van der Waals surface area (Å²) in [5, 5.41) is 0.559. The van der Waals surface area contributed by atoms with Crippen LogP contribution in [0.4, 0.5) is 4.39 Å². The van der Waals surface area contributed by atoms with E-state index in [1.807, 2.05) is 6.07 Å². The summed E-state index contributed by atoms with van der Waals surface area (Å²) >= 11 is 6.13. The van der Waals surface area contributed by atoms with Crippen LogP contribution >= 0.6 is 11.6 Å². The summed E-state index contributed by atoms with van der Waals surface area (Å²) in [6.07, 6.45) is 3.23. The van der Waals surface area contributed by atoms with Crippen molar-refractivity contribution in [1.29, 1.82) is 0 Å². The van der Waals surface area contributed by atoms with E-state index >= 15 is 0 Å². The van der Waals surface area contributed by atoms with Crippen LogP contribution in [-0.2, 0) is 13.0 Å². The van der Waals surface area contributed by atoms with Gasteiger partial charge < -0.3 is 4.57 Å². The molecule has 0 saturated carbocycles. The fourth-order valence-electron chi connectivity index (χ4n) is 2.35. The number of halogens is 2. The molecule has 0 saturated heterocycles. The van der Waals surface area contributed by atoms with E-state index in [1.165, 1.54) is 12.1 Å². The first kappa shape index (κ1) is 10.8. The molecule has 0 bridgehead atoms. The summed E-state index contributed by atoms with van der Waals surface area (Å²) in [7, 11) is 0. The first-order valence-corrected chi connectivity index (χ1v) is 6.14. The lowest BCUT2D eigenvalue weighted by Gasteiger charge is -2.16. The Hall–Kier alpha value is -1.35. The van der Waals surface area contributed by atoms with Gasteiger partial charge in [-0.15, -0.1) is 0 Å². The highest BCUT2D eigenvalue weighted by atomic mass is 35.5. The van der Waals surface area contributed by atoms with Gasteiger partial charge in [-0.3, -0.25) is 0 Å². The predicted octanol–water partition coefficient (Wildman–Crippen LogP) is 3.68. The van der Waals surface area contributed by atoms with Crippen LogP contribution in [-0.4, -0.2) is 9.55 Å². The second kappa shape index (κ2) is 4.15. The average molecular weight is 251 g/mol. The third kappa shape index (κ3) is 1.84. The van der Waals surface area contributed by atoms with Gasteiger partial charge in [-0.25, -0.2) is 9.37 Å². The van der Waals surface area contributed by atoms with Gasteiger partial charge in [0.2, 0.25) is 0 Å². The Morgan fingerprint density at radius 3 is 3.00 bits per heavy atom. The molecule has 0 atom stereocenters. The van der Waals surface area contributed by atoms with Gasteiger partial charge in [-0.1, -0.05) is 23.7 Å². The minimum Gasteiger partial charge on any atom is -0.327 e. The molecule has 0 N–H and O–H groups in total. The smallest absolute Gasteiger partial charge is 0.150 e. The molecule has 4 heteroatoms. The molecule has 2 heterocycles. The molecule has 0 fully saturated rings. The second-order valence-corrected chi connectivity index (χ2v) is 4.65. The van der Waals surface area contributed by atoms with Gasteiger partial charge in [-0.05, 0) is 31.4 Å². The number of benzene rings is 1. The molecule has 1 aromatic carbocycles. The van der Waals surface area contributed by atoms with Crippen LogP contribution in [0.15, 0.2) is 24.3 Å². The maximum absolute atomic E-state index is 13.2. The number of fused-ring (bicyclic) bond motifs is 1. The van der Waals surface area contributed by atoms with E-state index in [-0.39, 0.29) is 5.82 Å². The first-order valence-electron chi connectivity index (χ1n) is 5.76. The van der Waals surface area contributed by atoms with E-state index in [0.717, 1.165) is 42.9 Å². The third-order valence-electron chi connectivity index (χ3n) is 3.15. The van der Waals surface area contributed by atoms with Gasteiger partial charge in [0.1, 0.15) is 11.6 Å². The fraction of sp³-hybridized carbons (Fsp3) is 0.308. The summed E-state index contributed by atoms with van der Waals surface area (Å²) in [6, 6.07) is 6.50. The van der Waals surface area contributed by atoms with E-state index in [9.17, 15) is 4.39 Å². The van der Waals surface area contributed by atoms with Crippen LogP contribution < -0.4 is 0 Å². The fourth-order valence-corrected chi connectivity index (χ4v) is 2.62. The maximum Gasteiger partial charge on any atom is 0.150 e. The van der Waals surface area contributed by atoms with E-state index < -0.39 is 0 Å². The van der Waals surface area contributed by atoms with Gasteiger partial charge in [-0.2, -0.15) is 0 Å². The maximum atomic E-state index is 13.2. The molecule has 2 aromatic rings. The van der Waals surface area contributed by atoms with E-state index in [4.69, 9.17) is 11.6 Å². The van der Waals surface area contributed by atoms with E-state index in [0.29, 0.717) is 5.15 Å². The van der Waals surface area contributed by atoms with Crippen LogP contribution in [0.1, 0.15) is 18.5 Å². The average Bonchev–Trinajstić information content (AvgIpc) is 2.68. The van der Waals surface area contributed by atoms with Crippen molar-refractivity contribution >= 4 is 11.6 Å². The summed E-state index contributed by atoms with van der Waals surface area (Å²) in [5.74, 6) is 0.538. The second-order valence-electron chi connectivity index (χ2n) is 4.29. The number of rotatable bonds is 1. The van der Waals surface area contributed by atoms with E-state index in [2.05, 4.69) is 9.55 Å². The normalized spacial score (nSPS) is 14.7. The van der Waals surface area contributed by atoms with Gasteiger partial charge in [0.25, 0.3) is 0 Å². The summed E-state index contributed by atoms with van der Waals surface area (Å²) in [6.45, 7) is 0.918. The van der Waals surface area contributed by atoms with Gasteiger partial charge >= 0.3 is 0 Å². The molecular formula is C13H12ClFN2. The van der Waals surface area contributed by atoms with Crippen LogP contribution in [0, 0.1) is 5.82 Å². The Labute approximate surface area is 104 Å². The Bertz CT molecular complexity index is 563. The molecule has 1 aliphatic heterocycles. The number of hydrogen-bond donors (Lipinski definition) is 0. The first-order chi connectivity index (χ1) is 8.25. The van der Waals surface area contributed by atoms with Gasteiger partial charge in [0, 0.05) is 12.1 Å². The topological polar surface area (TPSA) is 17.8 Å². The minimum absolute atomic E-state index is 0.244. The quantitative estimate of drug-likeness (QED) is 0.755. The number of aromatic nitrogens is 2. The van der Waals surface area contributed by atoms with Crippen molar-refractivity contribution in [3.8, 4) is 11.4 Å². The van der Waals surface area contributed by atoms with Crippen molar-refractivity contribution in [2.75, 3.05) is 0 Å². The van der Waals surface area contributed by atoms with Crippen molar-refractivity contribution in [2.45, 2.75) is 25.8 Å². The molecule has 0 spiro atoms. The minimum atomic E-state index is -0.244. The number of imidazole rings is 1. The number of nitrogens with zero attached hydrogens (tertiary/aromatic N) is 2. The van der Waals surface area contributed by atoms with Crippen molar-refractivity contribution < 1.29 is 4.39 Å². The number of hydrogen-bond acceptors (Lipinski definition) is 1. The predicted molar refractivity (Wildman–Crippen MR) is 65.6 cm³/mol. The van der Waals surface area contributed by atoms with Crippen molar-refractivity contribution in [3.05, 3.63) is 40.9 Å². The Morgan fingerprint density at radius 2 is 2.18 bits per heavy atom. The third-order valence-corrected chi connectivity index (χ3v) is 3.45. The highest BCUT2D eigenvalue weighted by molar-refractivity contribution is 6.30. The Kier molecular flexibility index (Phi) is 2.63. The van der Waals surface area contributed by atoms with Crippen molar-refractivity contribution in [2.24, 2.45) is 0 Å². The van der Waals surface area contributed by atoms with Crippen molar-refractivity contribution in [1.82, 2.24) is 9.55 Å². The summed E-state index contributed by atoms with van der Waals surface area (Å²) < 4.78 is 15.3. The van der Waals surface area contributed by atoms with Gasteiger partial charge in [0.15, 0.2) is 5.15 Å². The molecule has 0 amide bonds. The molecule has 0 radical (unpaired) electrons. The Balaban J connectivity index is 2.15. The zero-order valence-electron chi connectivity index (χ0n) is 9.29. The lowest BCUT2D eigenvalue weighted by atomic mass is 10.1. The summed E-state index contributed by atoms with van der Waals surface area (Å²) in [4.78, 5) is 4.37. The van der Waals surface area contributed by atoms with Gasteiger partial charge in [0.05, 0.1) is 5.69 Å². The highest BCUT2D eigenvalue weighted by Crippen LogP contribution is 2.30. The molecule has 0 unspecified atom stereocenters. The zero-order chi connectivity index (χ0) is 11.8. The lowest BCUT2D eigenvalue weighted by Crippen LogP contribution is -2.11. The standard InChI is InChI=1S/C13H12ClFN2/c14-12-11-6-1-2-7-17(11)13(16-12)9-4-3-5-10(15)8-9/h3-5,8H,1-2,6-7H2. The molecular weight excluding hydrogens is 239 g/mol. The van der Waals surface area contributed by atoms with E-state index in [1.54, 1.807) is 6.07 Å². The van der Waals surface area contributed by atoms with Crippen LogP contribution in [0.3, 0.4) is 0 Å². The highest BCUT2D eigenvalue weighted by Gasteiger charge is 2.19. The molecule has 2 nitrogen and oxygen atoms in total.